The first kappa shape index (κ1) is 16.2. The number of carbonyl (C=O) groups excluding carboxylic acids is 2. The fraction of sp³-hybridized carbons (Fsp3) is 0.556. The molecule has 0 radical (unpaired) electrons. The summed E-state index contributed by atoms with van der Waals surface area (Å²) in [5, 5.41) is 0. The largest absolute Gasteiger partial charge is 0.337 e. The zero-order chi connectivity index (χ0) is 16.6. The second kappa shape index (κ2) is 6.48. The Kier molecular flexibility index (Phi) is 4.57. The number of likely N-dealkylation sites (N-methyl/N-ethyl adjacent to an activating group) is 1. The molecule has 1 aliphatic heterocycles. The Morgan fingerprint density at radius 2 is 2.30 bits per heavy atom. The lowest BCUT2D eigenvalue weighted by Crippen LogP contribution is -2.42. The molecule has 5 heteroatoms. The van der Waals surface area contributed by atoms with Crippen LogP contribution in [0.2, 0.25) is 0 Å². The number of hydrogen-bond acceptors (Lipinski definition) is 3. The van der Waals surface area contributed by atoms with Crippen molar-refractivity contribution in [2.45, 2.75) is 38.6 Å². The van der Waals surface area contributed by atoms with Crippen LogP contribution in [-0.2, 0) is 17.6 Å². The van der Waals surface area contributed by atoms with Gasteiger partial charge in [-0.2, -0.15) is 0 Å². The van der Waals surface area contributed by atoms with Crippen molar-refractivity contribution in [2.24, 2.45) is 5.92 Å². The topological polar surface area (TPSA) is 40.6 Å². The van der Waals surface area contributed by atoms with Gasteiger partial charge in [0.05, 0.1) is 4.88 Å². The first-order valence-corrected chi connectivity index (χ1v) is 9.11. The third-order valence-electron chi connectivity index (χ3n) is 4.95. The standard InChI is InChI=1S/C18H24N2O2S/c1-4-8-20-9-7-14(17(20)21)19(3)18(22)16-11-13-10-12(2)5-6-15(13)23-16/h4,11-12,14H,1,5-10H2,2-3H3. The molecule has 23 heavy (non-hydrogen) atoms. The van der Waals surface area contributed by atoms with Gasteiger partial charge in [-0.15, -0.1) is 17.9 Å². The van der Waals surface area contributed by atoms with Crippen molar-refractivity contribution >= 4 is 23.2 Å². The van der Waals surface area contributed by atoms with Gasteiger partial charge >= 0.3 is 0 Å². The summed E-state index contributed by atoms with van der Waals surface area (Å²) in [7, 11) is 1.75. The second-order valence-corrected chi connectivity index (χ2v) is 7.84. The van der Waals surface area contributed by atoms with E-state index in [-0.39, 0.29) is 17.9 Å². The summed E-state index contributed by atoms with van der Waals surface area (Å²) in [6.45, 7) is 7.20. The molecule has 2 atom stereocenters. The van der Waals surface area contributed by atoms with E-state index in [2.05, 4.69) is 19.6 Å². The highest BCUT2D eigenvalue weighted by Crippen LogP contribution is 2.33. The van der Waals surface area contributed by atoms with Crippen LogP contribution in [0.1, 0.15) is 39.9 Å². The number of amides is 2. The monoisotopic (exact) mass is 332 g/mol. The van der Waals surface area contributed by atoms with Crippen molar-refractivity contribution in [1.82, 2.24) is 9.80 Å². The summed E-state index contributed by atoms with van der Waals surface area (Å²) in [6, 6.07) is 1.72. The van der Waals surface area contributed by atoms with Crippen molar-refractivity contribution in [3.63, 3.8) is 0 Å². The summed E-state index contributed by atoms with van der Waals surface area (Å²) in [4.78, 5) is 30.7. The number of likely N-dealkylation sites (tertiary alicyclic amines) is 1. The zero-order valence-electron chi connectivity index (χ0n) is 13.9. The van der Waals surface area contributed by atoms with Crippen molar-refractivity contribution in [3.05, 3.63) is 34.0 Å². The van der Waals surface area contributed by atoms with E-state index < -0.39 is 0 Å². The molecule has 0 bridgehead atoms. The number of carbonyl (C=O) groups is 2. The lowest BCUT2D eigenvalue weighted by molar-refractivity contribution is -0.130. The van der Waals surface area contributed by atoms with Crippen LogP contribution in [0.25, 0.3) is 0 Å². The molecule has 0 spiro atoms. The third-order valence-corrected chi connectivity index (χ3v) is 6.17. The van der Waals surface area contributed by atoms with E-state index in [0.29, 0.717) is 25.4 Å². The lowest BCUT2D eigenvalue weighted by Gasteiger charge is -2.23. The van der Waals surface area contributed by atoms with Gasteiger partial charge in [-0.3, -0.25) is 9.59 Å². The molecule has 124 valence electrons. The smallest absolute Gasteiger partial charge is 0.264 e. The first-order chi connectivity index (χ1) is 11.0. The summed E-state index contributed by atoms with van der Waals surface area (Å²) < 4.78 is 0. The summed E-state index contributed by atoms with van der Waals surface area (Å²) >= 11 is 1.61. The van der Waals surface area contributed by atoms with Gasteiger partial charge in [-0.1, -0.05) is 13.0 Å². The fourth-order valence-corrected chi connectivity index (χ4v) is 4.74. The normalized spacial score (nSPS) is 23.7. The average Bonchev–Trinajstić information content (AvgIpc) is 3.10. The molecule has 2 unspecified atom stereocenters. The molecule has 1 aromatic rings. The van der Waals surface area contributed by atoms with Crippen LogP contribution in [0.3, 0.4) is 0 Å². The van der Waals surface area contributed by atoms with Gasteiger partial charge in [0.25, 0.3) is 5.91 Å². The van der Waals surface area contributed by atoms with E-state index in [1.807, 2.05) is 0 Å². The number of thiophene rings is 1. The number of hydrogen-bond donors (Lipinski definition) is 0. The van der Waals surface area contributed by atoms with Crippen molar-refractivity contribution < 1.29 is 9.59 Å². The maximum absolute atomic E-state index is 12.8. The van der Waals surface area contributed by atoms with Gasteiger partial charge < -0.3 is 9.80 Å². The van der Waals surface area contributed by atoms with Crippen LogP contribution in [0.5, 0.6) is 0 Å². The minimum absolute atomic E-state index is 0.0177. The molecule has 0 aromatic carbocycles. The number of rotatable bonds is 4. The second-order valence-electron chi connectivity index (χ2n) is 6.70. The molecule has 4 nitrogen and oxygen atoms in total. The molecule has 1 fully saturated rings. The Morgan fingerprint density at radius 3 is 3.04 bits per heavy atom. The summed E-state index contributed by atoms with van der Waals surface area (Å²) in [5.41, 5.74) is 1.33. The van der Waals surface area contributed by atoms with Gasteiger partial charge in [0, 0.05) is 25.0 Å². The quantitative estimate of drug-likeness (QED) is 0.796. The van der Waals surface area contributed by atoms with E-state index in [0.717, 1.165) is 17.7 Å². The van der Waals surface area contributed by atoms with E-state index in [1.54, 1.807) is 34.3 Å². The molecule has 2 heterocycles. The fourth-order valence-electron chi connectivity index (χ4n) is 3.55. The highest BCUT2D eigenvalue weighted by molar-refractivity contribution is 7.14. The molecule has 2 aliphatic rings. The van der Waals surface area contributed by atoms with Crippen LogP contribution in [0, 0.1) is 5.92 Å². The minimum atomic E-state index is -0.333. The van der Waals surface area contributed by atoms with E-state index in [1.165, 1.54) is 16.9 Å². The predicted octanol–water partition coefficient (Wildman–Crippen LogP) is 2.73. The Balaban J connectivity index is 1.73. The maximum atomic E-state index is 12.8. The molecule has 1 saturated heterocycles. The average molecular weight is 332 g/mol. The van der Waals surface area contributed by atoms with Crippen molar-refractivity contribution in [3.8, 4) is 0 Å². The van der Waals surface area contributed by atoms with Crippen LogP contribution >= 0.6 is 11.3 Å². The molecule has 0 saturated carbocycles. The molecular weight excluding hydrogens is 308 g/mol. The van der Waals surface area contributed by atoms with Crippen LogP contribution in [0.15, 0.2) is 18.7 Å². The molecule has 1 aliphatic carbocycles. The first-order valence-electron chi connectivity index (χ1n) is 8.29. The van der Waals surface area contributed by atoms with Crippen molar-refractivity contribution in [2.75, 3.05) is 20.1 Å². The molecular formula is C18H24N2O2S. The highest BCUT2D eigenvalue weighted by atomic mass is 32.1. The molecule has 2 amide bonds. The summed E-state index contributed by atoms with van der Waals surface area (Å²) in [6.07, 6.45) is 5.79. The van der Waals surface area contributed by atoms with Crippen LogP contribution in [-0.4, -0.2) is 47.8 Å². The third kappa shape index (κ3) is 3.07. The highest BCUT2D eigenvalue weighted by Gasteiger charge is 2.36. The number of aryl methyl sites for hydroxylation is 1. The van der Waals surface area contributed by atoms with E-state index in [4.69, 9.17) is 0 Å². The van der Waals surface area contributed by atoms with Crippen molar-refractivity contribution in [1.29, 1.82) is 0 Å². The Labute approximate surface area is 141 Å². The van der Waals surface area contributed by atoms with Gasteiger partial charge in [-0.05, 0) is 43.2 Å². The Morgan fingerprint density at radius 1 is 1.52 bits per heavy atom. The lowest BCUT2D eigenvalue weighted by atomic mass is 9.90. The van der Waals surface area contributed by atoms with E-state index in [9.17, 15) is 9.59 Å². The zero-order valence-corrected chi connectivity index (χ0v) is 14.7. The van der Waals surface area contributed by atoms with Gasteiger partial charge in [-0.25, -0.2) is 0 Å². The predicted molar refractivity (Wildman–Crippen MR) is 92.8 cm³/mol. The molecule has 1 aromatic heterocycles. The molecule has 3 rings (SSSR count). The van der Waals surface area contributed by atoms with Crippen LogP contribution in [0.4, 0.5) is 0 Å². The molecule has 0 N–H and O–H groups in total. The number of nitrogens with zero attached hydrogens (tertiary/aromatic N) is 2. The Hall–Kier alpha value is -1.62. The van der Waals surface area contributed by atoms with Gasteiger partial charge in [0.2, 0.25) is 5.91 Å². The van der Waals surface area contributed by atoms with Gasteiger partial charge in [0.1, 0.15) is 6.04 Å². The number of fused-ring (bicyclic) bond motifs is 1. The minimum Gasteiger partial charge on any atom is -0.337 e. The summed E-state index contributed by atoms with van der Waals surface area (Å²) in [5.74, 6) is 0.716. The maximum Gasteiger partial charge on any atom is 0.264 e. The van der Waals surface area contributed by atoms with Crippen LogP contribution < -0.4 is 0 Å². The van der Waals surface area contributed by atoms with Gasteiger partial charge in [0.15, 0.2) is 0 Å². The van der Waals surface area contributed by atoms with E-state index >= 15 is 0 Å². The Bertz CT molecular complexity index is 637. The SMILES string of the molecule is C=CCN1CCC(N(C)C(=O)c2cc3c(s2)CCC(C)C3)C1=O.